The molecule has 1 aromatic carbocycles. The molecule has 0 radical (unpaired) electrons. The van der Waals surface area contributed by atoms with Crippen LogP contribution in [0.25, 0.3) is 0 Å². The van der Waals surface area contributed by atoms with Gasteiger partial charge in [-0.2, -0.15) is 0 Å². The van der Waals surface area contributed by atoms with Gasteiger partial charge < -0.3 is 5.73 Å². The first-order chi connectivity index (χ1) is 9.24. The van der Waals surface area contributed by atoms with Gasteiger partial charge in [-0.05, 0) is 42.2 Å². The van der Waals surface area contributed by atoms with Gasteiger partial charge in [-0.3, -0.25) is 0 Å². The van der Waals surface area contributed by atoms with Crippen LogP contribution in [0, 0.1) is 11.8 Å². The first-order valence-corrected chi connectivity index (χ1v) is 8.09. The molecule has 1 nitrogen and oxygen atoms in total. The summed E-state index contributed by atoms with van der Waals surface area (Å²) < 4.78 is 0. The quantitative estimate of drug-likeness (QED) is 0.803. The van der Waals surface area contributed by atoms with Gasteiger partial charge in [0.05, 0.1) is 0 Å². The van der Waals surface area contributed by atoms with Gasteiger partial charge in [-0.25, -0.2) is 0 Å². The van der Waals surface area contributed by atoms with E-state index in [0.29, 0.717) is 5.92 Å². The largest absolute Gasteiger partial charge is 0.324 e. The van der Waals surface area contributed by atoms with Crippen molar-refractivity contribution in [1.82, 2.24) is 0 Å². The average molecular weight is 259 g/mol. The molecule has 1 aliphatic rings. The van der Waals surface area contributed by atoms with Crippen LogP contribution in [0.2, 0.25) is 0 Å². The summed E-state index contributed by atoms with van der Waals surface area (Å²) in [4.78, 5) is 0. The second-order valence-corrected chi connectivity index (χ2v) is 6.19. The van der Waals surface area contributed by atoms with Gasteiger partial charge in [0.25, 0.3) is 0 Å². The molecule has 1 aromatic rings. The Morgan fingerprint density at radius 2 is 1.89 bits per heavy atom. The van der Waals surface area contributed by atoms with Crippen LogP contribution in [0.15, 0.2) is 24.3 Å². The maximum Gasteiger partial charge on any atom is 0.0323 e. The summed E-state index contributed by atoms with van der Waals surface area (Å²) in [7, 11) is 0. The summed E-state index contributed by atoms with van der Waals surface area (Å²) in [5.74, 6) is 1.66. The molecule has 1 saturated carbocycles. The number of hydrogen-bond acceptors (Lipinski definition) is 1. The summed E-state index contributed by atoms with van der Waals surface area (Å²) >= 11 is 0. The SMILES string of the molecule is CCCC1CCC(C(N)c2cccc(CC)c2)CC1. The van der Waals surface area contributed by atoms with Crippen LogP contribution in [0.3, 0.4) is 0 Å². The van der Waals surface area contributed by atoms with E-state index in [2.05, 4.69) is 38.1 Å². The zero-order chi connectivity index (χ0) is 13.7. The van der Waals surface area contributed by atoms with Gasteiger partial charge in [0, 0.05) is 6.04 Å². The van der Waals surface area contributed by atoms with Crippen molar-refractivity contribution in [2.75, 3.05) is 0 Å². The highest BCUT2D eigenvalue weighted by Gasteiger charge is 2.25. The molecule has 0 aromatic heterocycles. The molecule has 19 heavy (non-hydrogen) atoms. The van der Waals surface area contributed by atoms with Crippen molar-refractivity contribution in [1.29, 1.82) is 0 Å². The molecular weight excluding hydrogens is 230 g/mol. The van der Waals surface area contributed by atoms with Crippen molar-refractivity contribution in [2.45, 2.75) is 64.8 Å². The molecule has 0 bridgehead atoms. The van der Waals surface area contributed by atoms with Crippen LogP contribution in [-0.4, -0.2) is 0 Å². The fourth-order valence-corrected chi connectivity index (χ4v) is 3.54. The van der Waals surface area contributed by atoms with Gasteiger partial charge in [-0.1, -0.05) is 63.8 Å². The van der Waals surface area contributed by atoms with E-state index in [0.717, 1.165) is 12.3 Å². The van der Waals surface area contributed by atoms with E-state index in [1.807, 2.05) is 0 Å². The normalized spacial score (nSPS) is 25.2. The minimum Gasteiger partial charge on any atom is -0.324 e. The van der Waals surface area contributed by atoms with Crippen LogP contribution in [0.5, 0.6) is 0 Å². The molecule has 1 atom stereocenters. The molecule has 0 saturated heterocycles. The van der Waals surface area contributed by atoms with Gasteiger partial charge >= 0.3 is 0 Å². The van der Waals surface area contributed by atoms with Crippen LogP contribution < -0.4 is 5.73 Å². The van der Waals surface area contributed by atoms with E-state index in [1.165, 1.54) is 49.7 Å². The topological polar surface area (TPSA) is 26.0 Å². The maximum absolute atomic E-state index is 6.51. The van der Waals surface area contributed by atoms with Crippen LogP contribution >= 0.6 is 0 Å². The minimum absolute atomic E-state index is 0.245. The maximum atomic E-state index is 6.51. The number of rotatable bonds is 5. The lowest BCUT2D eigenvalue weighted by atomic mass is 9.75. The molecule has 0 heterocycles. The van der Waals surface area contributed by atoms with Crippen LogP contribution in [0.4, 0.5) is 0 Å². The summed E-state index contributed by atoms with van der Waals surface area (Å²) in [6, 6.07) is 9.13. The molecule has 1 unspecified atom stereocenters. The Hall–Kier alpha value is -0.820. The van der Waals surface area contributed by atoms with Crippen LogP contribution in [0.1, 0.15) is 69.5 Å². The Bertz CT molecular complexity index is 377. The number of aryl methyl sites for hydroxylation is 1. The molecule has 0 amide bonds. The lowest BCUT2D eigenvalue weighted by Crippen LogP contribution is -2.26. The zero-order valence-electron chi connectivity index (χ0n) is 12.6. The van der Waals surface area contributed by atoms with E-state index in [1.54, 1.807) is 0 Å². The monoisotopic (exact) mass is 259 g/mol. The molecule has 1 fully saturated rings. The second kappa shape index (κ2) is 7.09. The van der Waals surface area contributed by atoms with Gasteiger partial charge in [0.1, 0.15) is 0 Å². The van der Waals surface area contributed by atoms with E-state index in [9.17, 15) is 0 Å². The minimum atomic E-state index is 0.245. The molecule has 1 heteroatoms. The molecule has 2 N–H and O–H groups in total. The third-order valence-electron chi connectivity index (χ3n) is 4.84. The lowest BCUT2D eigenvalue weighted by molar-refractivity contribution is 0.234. The van der Waals surface area contributed by atoms with Crippen molar-refractivity contribution in [2.24, 2.45) is 17.6 Å². The zero-order valence-corrected chi connectivity index (χ0v) is 12.6. The molecule has 1 aliphatic carbocycles. The highest BCUT2D eigenvalue weighted by Crippen LogP contribution is 2.37. The van der Waals surface area contributed by atoms with Crippen molar-refractivity contribution in [3.8, 4) is 0 Å². The summed E-state index contributed by atoms with van der Waals surface area (Å²) in [6.45, 7) is 4.51. The van der Waals surface area contributed by atoms with Gasteiger partial charge in [-0.15, -0.1) is 0 Å². The summed E-state index contributed by atoms with van der Waals surface area (Å²) in [6.07, 6.45) is 9.26. The Morgan fingerprint density at radius 1 is 1.16 bits per heavy atom. The Balaban J connectivity index is 1.94. The van der Waals surface area contributed by atoms with Crippen molar-refractivity contribution in [3.63, 3.8) is 0 Å². The Kier molecular flexibility index (Phi) is 5.45. The highest BCUT2D eigenvalue weighted by molar-refractivity contribution is 5.26. The third-order valence-corrected chi connectivity index (χ3v) is 4.84. The van der Waals surface area contributed by atoms with E-state index in [4.69, 9.17) is 5.73 Å². The molecule has 0 aliphatic heterocycles. The lowest BCUT2D eigenvalue weighted by Gasteiger charge is -2.32. The van der Waals surface area contributed by atoms with E-state index >= 15 is 0 Å². The van der Waals surface area contributed by atoms with Crippen LogP contribution in [-0.2, 0) is 6.42 Å². The fraction of sp³-hybridized carbons (Fsp3) is 0.667. The Labute approximate surface area is 118 Å². The highest BCUT2D eigenvalue weighted by atomic mass is 14.7. The van der Waals surface area contributed by atoms with Crippen molar-refractivity contribution < 1.29 is 0 Å². The molecule has 106 valence electrons. The summed E-state index contributed by atoms with van der Waals surface area (Å²) in [5.41, 5.74) is 9.27. The second-order valence-electron chi connectivity index (χ2n) is 6.19. The van der Waals surface area contributed by atoms with Crippen molar-refractivity contribution in [3.05, 3.63) is 35.4 Å². The summed E-state index contributed by atoms with van der Waals surface area (Å²) in [5, 5.41) is 0. The number of benzene rings is 1. The van der Waals surface area contributed by atoms with Gasteiger partial charge in [0.2, 0.25) is 0 Å². The number of hydrogen-bond donors (Lipinski definition) is 1. The standard InChI is InChI=1S/C18H29N/c1-3-6-15-9-11-16(12-10-15)18(19)17-8-5-7-14(4-2)13-17/h5,7-8,13,15-16,18H,3-4,6,9-12,19H2,1-2H3. The fourth-order valence-electron chi connectivity index (χ4n) is 3.54. The average Bonchev–Trinajstić information content (AvgIpc) is 2.48. The van der Waals surface area contributed by atoms with Crippen molar-refractivity contribution >= 4 is 0 Å². The smallest absolute Gasteiger partial charge is 0.0323 e. The van der Waals surface area contributed by atoms with E-state index < -0.39 is 0 Å². The predicted molar refractivity (Wildman–Crippen MR) is 83.1 cm³/mol. The number of nitrogens with two attached hydrogens (primary N) is 1. The first kappa shape index (κ1) is 14.6. The molecular formula is C18H29N. The van der Waals surface area contributed by atoms with E-state index in [-0.39, 0.29) is 6.04 Å². The molecule has 2 rings (SSSR count). The molecule has 0 spiro atoms. The first-order valence-electron chi connectivity index (χ1n) is 8.09. The van der Waals surface area contributed by atoms with Gasteiger partial charge in [0.15, 0.2) is 0 Å². The predicted octanol–water partition coefficient (Wildman–Crippen LogP) is 4.86. The Morgan fingerprint density at radius 3 is 2.53 bits per heavy atom. The third kappa shape index (κ3) is 3.82.